The summed E-state index contributed by atoms with van der Waals surface area (Å²) in [4.78, 5) is 14.5. The number of hydrogen-bond donors (Lipinski definition) is 0. The quantitative estimate of drug-likeness (QED) is 0.789. The number of nitrogens with zero attached hydrogens (tertiary/aromatic N) is 1. The van der Waals surface area contributed by atoms with Crippen LogP contribution in [-0.2, 0) is 4.74 Å². The smallest absolute Gasteiger partial charge is 0.179 e. The van der Waals surface area contributed by atoms with E-state index in [1.165, 1.54) is 0 Å². The zero-order valence-corrected chi connectivity index (χ0v) is 11.5. The second-order valence-corrected chi connectivity index (χ2v) is 5.16. The van der Waals surface area contributed by atoms with E-state index < -0.39 is 0 Å². The SMILES string of the molecule is CC1CN(C(C)C(=O)c2ccc(Cl)cc2)CCO1. The van der Waals surface area contributed by atoms with E-state index in [-0.39, 0.29) is 17.9 Å². The number of benzene rings is 1. The fraction of sp³-hybridized carbons (Fsp3) is 0.500. The summed E-state index contributed by atoms with van der Waals surface area (Å²) in [5.41, 5.74) is 0.714. The molecule has 4 heteroatoms. The minimum absolute atomic E-state index is 0.113. The van der Waals surface area contributed by atoms with Gasteiger partial charge < -0.3 is 4.74 Å². The third kappa shape index (κ3) is 3.10. The molecule has 0 aliphatic carbocycles. The fourth-order valence-corrected chi connectivity index (χ4v) is 2.34. The second-order valence-electron chi connectivity index (χ2n) is 4.72. The van der Waals surface area contributed by atoms with E-state index >= 15 is 0 Å². The highest BCUT2D eigenvalue weighted by molar-refractivity contribution is 6.30. The molecule has 0 bridgehead atoms. The molecule has 98 valence electrons. The lowest BCUT2D eigenvalue weighted by molar-refractivity contribution is -0.0277. The molecule has 1 saturated heterocycles. The molecule has 1 aromatic carbocycles. The van der Waals surface area contributed by atoms with Gasteiger partial charge in [0.1, 0.15) is 0 Å². The number of halogens is 1. The fourth-order valence-electron chi connectivity index (χ4n) is 2.22. The van der Waals surface area contributed by atoms with Gasteiger partial charge in [0.05, 0.1) is 18.8 Å². The largest absolute Gasteiger partial charge is 0.376 e. The predicted molar refractivity (Wildman–Crippen MR) is 72.2 cm³/mol. The van der Waals surface area contributed by atoms with Crippen LogP contribution in [0.5, 0.6) is 0 Å². The molecule has 0 spiro atoms. The Morgan fingerprint density at radius 3 is 2.72 bits per heavy atom. The molecule has 0 radical (unpaired) electrons. The van der Waals surface area contributed by atoms with Crippen LogP contribution in [0.25, 0.3) is 0 Å². The molecule has 18 heavy (non-hydrogen) atoms. The molecule has 0 N–H and O–H groups in total. The van der Waals surface area contributed by atoms with Gasteiger partial charge in [0.15, 0.2) is 5.78 Å². The number of ketones is 1. The van der Waals surface area contributed by atoms with Crippen molar-refractivity contribution in [2.75, 3.05) is 19.7 Å². The molecule has 1 aliphatic rings. The van der Waals surface area contributed by atoms with Gasteiger partial charge in [0.2, 0.25) is 0 Å². The highest BCUT2D eigenvalue weighted by Gasteiger charge is 2.26. The number of ether oxygens (including phenoxy) is 1. The minimum atomic E-state index is -0.113. The molecule has 1 aliphatic heterocycles. The van der Waals surface area contributed by atoms with E-state index in [0.717, 1.165) is 13.1 Å². The summed E-state index contributed by atoms with van der Waals surface area (Å²) in [6, 6.07) is 6.96. The number of hydrogen-bond acceptors (Lipinski definition) is 3. The Balaban J connectivity index is 2.06. The van der Waals surface area contributed by atoms with Crippen molar-refractivity contribution < 1.29 is 9.53 Å². The van der Waals surface area contributed by atoms with Crippen molar-refractivity contribution in [3.8, 4) is 0 Å². The first kappa shape index (κ1) is 13.5. The lowest BCUT2D eigenvalue weighted by atomic mass is 10.0. The van der Waals surface area contributed by atoms with Crippen molar-refractivity contribution in [3.63, 3.8) is 0 Å². The number of Topliss-reactive ketones (excluding diaryl/α,β-unsaturated/α-hetero) is 1. The van der Waals surface area contributed by atoms with Gasteiger partial charge in [-0.25, -0.2) is 0 Å². The van der Waals surface area contributed by atoms with Crippen molar-refractivity contribution in [2.45, 2.75) is 26.0 Å². The second kappa shape index (κ2) is 5.83. The summed E-state index contributed by atoms with van der Waals surface area (Å²) in [5.74, 6) is 0.140. The molecule has 2 atom stereocenters. The molecule has 1 heterocycles. The van der Waals surface area contributed by atoms with E-state index in [4.69, 9.17) is 16.3 Å². The van der Waals surface area contributed by atoms with Gasteiger partial charge in [-0.3, -0.25) is 9.69 Å². The summed E-state index contributed by atoms with van der Waals surface area (Å²) in [6.45, 7) is 6.30. The lowest BCUT2D eigenvalue weighted by Gasteiger charge is -2.34. The number of morpholine rings is 1. The maximum atomic E-state index is 12.3. The number of carbonyl (C=O) groups is 1. The van der Waals surface area contributed by atoms with E-state index in [2.05, 4.69) is 4.90 Å². The summed E-state index contributed by atoms with van der Waals surface area (Å²) < 4.78 is 5.49. The molecule has 2 unspecified atom stereocenters. The van der Waals surface area contributed by atoms with E-state index in [1.54, 1.807) is 24.3 Å². The van der Waals surface area contributed by atoms with Crippen molar-refractivity contribution in [1.29, 1.82) is 0 Å². The Labute approximate surface area is 113 Å². The van der Waals surface area contributed by atoms with Crippen LogP contribution in [0.3, 0.4) is 0 Å². The Hall–Kier alpha value is -0.900. The van der Waals surface area contributed by atoms with Crippen LogP contribution in [0.15, 0.2) is 24.3 Å². The predicted octanol–water partition coefficient (Wildman–Crippen LogP) is 2.63. The lowest BCUT2D eigenvalue weighted by Crippen LogP contribution is -2.48. The van der Waals surface area contributed by atoms with E-state index in [1.807, 2.05) is 13.8 Å². The maximum Gasteiger partial charge on any atom is 0.179 e. The van der Waals surface area contributed by atoms with Gasteiger partial charge in [-0.2, -0.15) is 0 Å². The van der Waals surface area contributed by atoms with Gasteiger partial charge in [-0.15, -0.1) is 0 Å². The number of carbonyl (C=O) groups excluding carboxylic acids is 1. The van der Waals surface area contributed by atoms with Crippen molar-refractivity contribution in [1.82, 2.24) is 4.90 Å². The van der Waals surface area contributed by atoms with Crippen LogP contribution < -0.4 is 0 Å². The van der Waals surface area contributed by atoms with Crippen molar-refractivity contribution in [2.24, 2.45) is 0 Å². The average Bonchev–Trinajstić information content (AvgIpc) is 2.38. The van der Waals surface area contributed by atoms with Gasteiger partial charge in [0, 0.05) is 23.7 Å². The first-order valence-electron chi connectivity index (χ1n) is 6.23. The van der Waals surface area contributed by atoms with Crippen LogP contribution >= 0.6 is 11.6 Å². The highest BCUT2D eigenvalue weighted by atomic mass is 35.5. The van der Waals surface area contributed by atoms with E-state index in [9.17, 15) is 4.79 Å². The first-order valence-corrected chi connectivity index (χ1v) is 6.61. The summed E-state index contributed by atoms with van der Waals surface area (Å²) in [7, 11) is 0. The zero-order chi connectivity index (χ0) is 13.1. The Bertz CT molecular complexity index is 418. The van der Waals surface area contributed by atoms with Gasteiger partial charge in [0.25, 0.3) is 0 Å². The Kier molecular flexibility index (Phi) is 4.38. The first-order chi connectivity index (χ1) is 8.58. The van der Waals surface area contributed by atoms with Crippen LogP contribution in [0.4, 0.5) is 0 Å². The van der Waals surface area contributed by atoms with Crippen molar-refractivity contribution >= 4 is 17.4 Å². The Morgan fingerprint density at radius 2 is 2.11 bits per heavy atom. The van der Waals surface area contributed by atoms with Crippen molar-refractivity contribution in [3.05, 3.63) is 34.9 Å². The van der Waals surface area contributed by atoms with Crippen LogP contribution in [0.2, 0.25) is 5.02 Å². The third-order valence-electron chi connectivity index (χ3n) is 3.33. The molecule has 1 aromatic rings. The van der Waals surface area contributed by atoms with Crippen LogP contribution in [-0.4, -0.2) is 42.5 Å². The molecular formula is C14H18ClNO2. The maximum absolute atomic E-state index is 12.3. The van der Waals surface area contributed by atoms with Gasteiger partial charge >= 0.3 is 0 Å². The van der Waals surface area contributed by atoms with Gasteiger partial charge in [-0.05, 0) is 38.1 Å². The molecule has 3 nitrogen and oxygen atoms in total. The zero-order valence-electron chi connectivity index (χ0n) is 10.7. The topological polar surface area (TPSA) is 29.5 Å². The average molecular weight is 268 g/mol. The van der Waals surface area contributed by atoms with Crippen LogP contribution in [0, 0.1) is 0 Å². The summed E-state index contributed by atoms with van der Waals surface area (Å²) >= 11 is 5.83. The summed E-state index contributed by atoms with van der Waals surface area (Å²) in [6.07, 6.45) is 0.194. The van der Waals surface area contributed by atoms with Gasteiger partial charge in [-0.1, -0.05) is 11.6 Å². The normalized spacial score (nSPS) is 22.7. The third-order valence-corrected chi connectivity index (χ3v) is 3.58. The molecule has 0 amide bonds. The minimum Gasteiger partial charge on any atom is -0.376 e. The molecule has 2 rings (SSSR count). The molecule has 1 fully saturated rings. The molecule has 0 aromatic heterocycles. The Morgan fingerprint density at radius 1 is 1.44 bits per heavy atom. The molecule has 0 saturated carbocycles. The highest BCUT2D eigenvalue weighted by Crippen LogP contribution is 2.15. The molecular weight excluding hydrogens is 250 g/mol. The van der Waals surface area contributed by atoms with E-state index in [0.29, 0.717) is 17.2 Å². The standard InChI is InChI=1S/C14H18ClNO2/c1-10-9-16(7-8-18-10)11(2)14(17)12-3-5-13(15)6-4-12/h3-6,10-11H,7-9H2,1-2H3. The number of rotatable bonds is 3. The summed E-state index contributed by atoms with van der Waals surface area (Å²) in [5, 5.41) is 0.652. The van der Waals surface area contributed by atoms with Crippen LogP contribution in [0.1, 0.15) is 24.2 Å². The monoisotopic (exact) mass is 267 g/mol.